The number of carbonyl (C=O) groups is 1. The van der Waals surface area contributed by atoms with Crippen LogP contribution >= 0.6 is 0 Å². The van der Waals surface area contributed by atoms with Gasteiger partial charge in [0.15, 0.2) is 5.69 Å². The summed E-state index contributed by atoms with van der Waals surface area (Å²) in [6.07, 6.45) is -2.96. The molecule has 0 fully saturated rings. The van der Waals surface area contributed by atoms with Gasteiger partial charge >= 0.3 is 0 Å². The number of aromatic nitrogens is 1. The van der Waals surface area contributed by atoms with Crippen LogP contribution in [0.5, 0.6) is 5.75 Å². The molecule has 14 heavy (non-hydrogen) atoms. The quantitative estimate of drug-likeness (QED) is 0.647. The Morgan fingerprint density at radius 3 is 2.57 bits per heavy atom. The van der Waals surface area contributed by atoms with Gasteiger partial charge in [-0.1, -0.05) is 0 Å². The van der Waals surface area contributed by atoms with E-state index in [4.69, 9.17) is 16.6 Å². The molecule has 5 nitrogen and oxygen atoms in total. The first-order chi connectivity index (χ1) is 6.43. The average molecular weight is 203 g/mol. The lowest BCUT2D eigenvalue weighted by molar-refractivity contribution is 0.0999. The molecule has 1 aromatic heterocycles. The number of nitrogens with two attached hydrogens (primary N) is 2. The lowest BCUT2D eigenvalue weighted by Gasteiger charge is -2.06. The molecule has 1 heterocycles. The minimum absolute atomic E-state index is 0.285. The largest absolute Gasteiger partial charge is 0.506 e. The number of anilines is 1. The second-order valence-electron chi connectivity index (χ2n) is 2.49. The van der Waals surface area contributed by atoms with Crippen molar-refractivity contribution >= 4 is 11.7 Å². The van der Waals surface area contributed by atoms with E-state index in [2.05, 4.69) is 4.98 Å². The Bertz CT molecular complexity index is 381. The van der Waals surface area contributed by atoms with Crippen molar-refractivity contribution in [2.45, 2.75) is 6.43 Å². The number of hydrogen-bond acceptors (Lipinski definition) is 4. The number of nitrogen functional groups attached to an aromatic ring is 1. The number of amides is 1. The van der Waals surface area contributed by atoms with Gasteiger partial charge in [-0.15, -0.1) is 0 Å². The van der Waals surface area contributed by atoms with E-state index in [9.17, 15) is 13.6 Å². The van der Waals surface area contributed by atoms with Crippen molar-refractivity contribution in [1.82, 2.24) is 4.98 Å². The normalized spacial score (nSPS) is 10.5. The minimum Gasteiger partial charge on any atom is -0.506 e. The van der Waals surface area contributed by atoms with E-state index in [-0.39, 0.29) is 5.56 Å². The molecule has 7 heteroatoms. The predicted molar refractivity (Wildman–Crippen MR) is 43.8 cm³/mol. The molecule has 0 aliphatic rings. The third-order valence-corrected chi connectivity index (χ3v) is 1.53. The highest BCUT2D eigenvalue weighted by atomic mass is 19.3. The molecule has 76 valence electrons. The Labute approximate surface area is 77.3 Å². The first-order valence-electron chi connectivity index (χ1n) is 3.50. The molecule has 0 aromatic carbocycles. The first kappa shape index (κ1) is 10.2. The molecule has 0 saturated heterocycles. The summed E-state index contributed by atoms with van der Waals surface area (Å²) < 4.78 is 24.3. The van der Waals surface area contributed by atoms with Crippen molar-refractivity contribution in [3.8, 4) is 5.75 Å². The van der Waals surface area contributed by atoms with Crippen LogP contribution in [0.3, 0.4) is 0 Å². The summed E-state index contributed by atoms with van der Waals surface area (Å²) in [6.45, 7) is 0. The SMILES string of the molecule is NC(=O)c1cc(O)c(C(F)F)nc1N. The van der Waals surface area contributed by atoms with Crippen LogP contribution in [0.2, 0.25) is 0 Å². The lowest BCUT2D eigenvalue weighted by Crippen LogP contribution is -2.15. The number of pyridine rings is 1. The fraction of sp³-hybridized carbons (Fsp3) is 0.143. The molecule has 0 unspecified atom stereocenters. The minimum atomic E-state index is -2.96. The second-order valence-corrected chi connectivity index (χ2v) is 2.49. The molecule has 0 aliphatic heterocycles. The zero-order valence-corrected chi connectivity index (χ0v) is 6.87. The van der Waals surface area contributed by atoms with Gasteiger partial charge in [-0.3, -0.25) is 4.79 Å². The molecular formula is C7H7F2N3O2. The zero-order chi connectivity index (χ0) is 10.9. The number of halogens is 2. The molecular weight excluding hydrogens is 196 g/mol. The Morgan fingerprint density at radius 2 is 2.14 bits per heavy atom. The first-order valence-corrected chi connectivity index (χ1v) is 3.50. The summed E-state index contributed by atoms with van der Waals surface area (Å²) >= 11 is 0. The van der Waals surface area contributed by atoms with Crippen molar-refractivity contribution in [3.63, 3.8) is 0 Å². The molecule has 1 aromatic rings. The summed E-state index contributed by atoms with van der Waals surface area (Å²) in [5, 5.41) is 9.03. The van der Waals surface area contributed by atoms with E-state index in [1.165, 1.54) is 0 Å². The molecule has 0 atom stereocenters. The van der Waals surface area contributed by atoms with Gasteiger partial charge in [0.25, 0.3) is 12.3 Å². The molecule has 0 radical (unpaired) electrons. The maximum Gasteiger partial charge on any atom is 0.284 e. The van der Waals surface area contributed by atoms with Gasteiger partial charge in [0.05, 0.1) is 5.56 Å². The Balaban J connectivity index is 3.31. The lowest BCUT2D eigenvalue weighted by atomic mass is 10.2. The van der Waals surface area contributed by atoms with E-state index >= 15 is 0 Å². The van der Waals surface area contributed by atoms with Crippen molar-refractivity contribution in [1.29, 1.82) is 0 Å². The van der Waals surface area contributed by atoms with E-state index in [0.717, 1.165) is 6.07 Å². The Kier molecular flexibility index (Phi) is 2.50. The average Bonchev–Trinajstić information content (AvgIpc) is 2.07. The van der Waals surface area contributed by atoms with Gasteiger partial charge in [0.2, 0.25) is 0 Å². The smallest absolute Gasteiger partial charge is 0.284 e. The maximum absolute atomic E-state index is 12.1. The Morgan fingerprint density at radius 1 is 1.57 bits per heavy atom. The third-order valence-electron chi connectivity index (χ3n) is 1.53. The van der Waals surface area contributed by atoms with Crippen LogP contribution in [0.1, 0.15) is 22.5 Å². The maximum atomic E-state index is 12.1. The van der Waals surface area contributed by atoms with E-state index in [1.54, 1.807) is 0 Å². The van der Waals surface area contributed by atoms with Gasteiger partial charge in [-0.25, -0.2) is 13.8 Å². The number of nitrogens with zero attached hydrogens (tertiary/aromatic N) is 1. The summed E-state index contributed by atoms with van der Waals surface area (Å²) in [4.78, 5) is 13.8. The zero-order valence-electron chi connectivity index (χ0n) is 6.87. The van der Waals surface area contributed by atoms with Gasteiger partial charge < -0.3 is 16.6 Å². The van der Waals surface area contributed by atoms with Crippen molar-refractivity contribution in [2.75, 3.05) is 5.73 Å². The van der Waals surface area contributed by atoms with Crippen molar-refractivity contribution in [2.24, 2.45) is 5.73 Å². The number of aromatic hydroxyl groups is 1. The van der Waals surface area contributed by atoms with Crippen LogP contribution in [0.15, 0.2) is 6.07 Å². The van der Waals surface area contributed by atoms with E-state index < -0.39 is 29.6 Å². The summed E-state index contributed by atoms with van der Waals surface area (Å²) in [5.74, 6) is -2.17. The van der Waals surface area contributed by atoms with Gasteiger partial charge in [-0.2, -0.15) is 0 Å². The number of alkyl halides is 2. The van der Waals surface area contributed by atoms with Gasteiger partial charge in [0, 0.05) is 0 Å². The summed E-state index contributed by atoms with van der Waals surface area (Å²) in [7, 11) is 0. The molecule has 1 amide bonds. The highest BCUT2D eigenvalue weighted by Crippen LogP contribution is 2.28. The topological polar surface area (TPSA) is 102 Å². The van der Waals surface area contributed by atoms with Gasteiger partial charge in [0.1, 0.15) is 11.6 Å². The summed E-state index contributed by atoms with van der Waals surface area (Å²) in [5.41, 5.74) is 8.87. The van der Waals surface area contributed by atoms with Crippen molar-refractivity contribution < 1.29 is 18.7 Å². The number of carbonyl (C=O) groups excluding carboxylic acids is 1. The molecule has 0 saturated carbocycles. The summed E-state index contributed by atoms with van der Waals surface area (Å²) in [6, 6.07) is 0.770. The second kappa shape index (κ2) is 3.44. The number of rotatable bonds is 2. The highest BCUT2D eigenvalue weighted by molar-refractivity contribution is 5.97. The Hall–Kier alpha value is -1.92. The molecule has 0 bridgehead atoms. The predicted octanol–water partition coefficient (Wildman–Crippen LogP) is 0.406. The van der Waals surface area contributed by atoms with Crippen LogP contribution in [-0.4, -0.2) is 16.0 Å². The monoisotopic (exact) mass is 203 g/mol. The fourth-order valence-electron chi connectivity index (χ4n) is 0.890. The number of primary amides is 1. The van der Waals surface area contributed by atoms with E-state index in [1.807, 2.05) is 0 Å². The molecule has 0 aliphatic carbocycles. The van der Waals surface area contributed by atoms with Crippen molar-refractivity contribution in [3.05, 3.63) is 17.3 Å². The third kappa shape index (κ3) is 1.70. The van der Waals surface area contributed by atoms with E-state index in [0.29, 0.717) is 0 Å². The molecule has 0 spiro atoms. The van der Waals surface area contributed by atoms with Crippen LogP contribution in [0, 0.1) is 0 Å². The molecule has 5 N–H and O–H groups in total. The number of hydrogen-bond donors (Lipinski definition) is 3. The van der Waals surface area contributed by atoms with Gasteiger partial charge in [-0.05, 0) is 6.07 Å². The molecule has 1 rings (SSSR count). The van der Waals surface area contributed by atoms with Crippen LogP contribution in [-0.2, 0) is 0 Å². The van der Waals surface area contributed by atoms with Crippen LogP contribution in [0.4, 0.5) is 14.6 Å². The van der Waals surface area contributed by atoms with Crippen LogP contribution in [0.25, 0.3) is 0 Å². The van der Waals surface area contributed by atoms with Crippen LogP contribution < -0.4 is 11.5 Å². The highest BCUT2D eigenvalue weighted by Gasteiger charge is 2.19. The standard InChI is InChI=1S/C7H7F2N3O2/c8-5(9)4-3(13)1-2(7(11)14)6(10)12-4/h1,5,13H,(H2,10,12)(H2,11,14). The fourth-order valence-corrected chi connectivity index (χ4v) is 0.890.